The molecule has 66 valence electrons. The Labute approximate surface area is 68.9 Å². The number of carboxylic acid groups (broad SMARTS) is 1. The van der Waals surface area contributed by atoms with Crippen LogP contribution in [0.2, 0.25) is 0 Å². The molecule has 0 unspecified atom stereocenters. The molecule has 2 N–H and O–H groups in total. The molecule has 0 atom stereocenters. The zero-order valence-electron chi connectivity index (χ0n) is 6.59. The number of carbonyl (C=O) groups excluding carboxylic acids is 2. The summed E-state index contributed by atoms with van der Waals surface area (Å²) in [6.45, 7) is 1.30. The highest BCUT2D eigenvalue weighted by atomic mass is 16.4. The molecule has 0 heterocycles. The van der Waals surface area contributed by atoms with E-state index in [9.17, 15) is 14.4 Å². The van der Waals surface area contributed by atoms with Crippen molar-refractivity contribution >= 4 is 23.2 Å². The maximum absolute atomic E-state index is 10.7. The Hall–Kier alpha value is -1.52. The van der Waals surface area contributed by atoms with E-state index in [0.717, 1.165) is 0 Å². The van der Waals surface area contributed by atoms with Crippen LogP contribution in [0.5, 0.6) is 0 Å². The summed E-state index contributed by atoms with van der Waals surface area (Å²) in [6.07, 6.45) is -0.523. The number of ketones is 2. The molecule has 0 aromatic rings. The second kappa shape index (κ2) is 4.38. The second-order valence-corrected chi connectivity index (χ2v) is 2.28. The van der Waals surface area contributed by atoms with Crippen molar-refractivity contribution in [3.8, 4) is 0 Å². The van der Waals surface area contributed by atoms with Crippen LogP contribution in [0.15, 0.2) is 0 Å². The first-order valence-corrected chi connectivity index (χ1v) is 3.29. The molecular weight excluding hydrogens is 162 g/mol. The zero-order chi connectivity index (χ0) is 9.72. The molecule has 12 heavy (non-hydrogen) atoms. The summed E-state index contributed by atoms with van der Waals surface area (Å²) < 4.78 is 0. The molecule has 0 saturated heterocycles. The Kier molecular flexibility index (Phi) is 3.82. The Balaban J connectivity index is 3.85. The highest BCUT2D eigenvalue weighted by Crippen LogP contribution is 1.94. The van der Waals surface area contributed by atoms with Crippen LogP contribution in [0.25, 0.3) is 0 Å². The molecule has 0 rings (SSSR count). The summed E-state index contributed by atoms with van der Waals surface area (Å²) in [5, 5.41) is 15.0. The summed E-state index contributed by atoms with van der Waals surface area (Å²) in [6, 6.07) is 0. The van der Waals surface area contributed by atoms with E-state index < -0.39 is 17.5 Å². The van der Waals surface area contributed by atoms with E-state index >= 15 is 0 Å². The summed E-state index contributed by atoms with van der Waals surface area (Å²) >= 11 is 0. The number of nitrogens with one attached hydrogen (secondary N) is 1. The van der Waals surface area contributed by atoms with E-state index in [-0.39, 0.29) is 18.6 Å². The Morgan fingerprint density at radius 1 is 1.17 bits per heavy atom. The SMILES string of the molecule is CC(=N)C(=O)CCC(=O)C(=O)O. The number of carboxylic acids is 1. The van der Waals surface area contributed by atoms with Gasteiger partial charge in [0.05, 0.1) is 5.71 Å². The highest BCUT2D eigenvalue weighted by Gasteiger charge is 2.13. The first kappa shape index (κ1) is 10.5. The van der Waals surface area contributed by atoms with Crippen molar-refractivity contribution < 1.29 is 19.5 Å². The molecule has 0 saturated carbocycles. The Bertz CT molecular complexity index is 218. The Morgan fingerprint density at radius 3 is 1.92 bits per heavy atom. The average Bonchev–Trinajstić information content (AvgIpc) is 1.98. The van der Waals surface area contributed by atoms with Gasteiger partial charge in [0.2, 0.25) is 5.78 Å². The van der Waals surface area contributed by atoms with Crippen LogP contribution >= 0.6 is 0 Å². The van der Waals surface area contributed by atoms with E-state index in [1.807, 2.05) is 0 Å². The van der Waals surface area contributed by atoms with E-state index in [1.165, 1.54) is 6.92 Å². The molecule has 0 aromatic carbocycles. The third-order valence-electron chi connectivity index (χ3n) is 1.24. The van der Waals surface area contributed by atoms with Crippen molar-refractivity contribution in [2.75, 3.05) is 0 Å². The third-order valence-corrected chi connectivity index (χ3v) is 1.24. The molecule has 0 bridgehead atoms. The van der Waals surface area contributed by atoms with Gasteiger partial charge < -0.3 is 10.5 Å². The van der Waals surface area contributed by atoms with Gasteiger partial charge in [-0.2, -0.15) is 0 Å². The summed E-state index contributed by atoms with van der Waals surface area (Å²) in [5.41, 5.74) is -0.159. The van der Waals surface area contributed by atoms with Crippen molar-refractivity contribution in [1.29, 1.82) is 5.41 Å². The van der Waals surface area contributed by atoms with E-state index in [1.54, 1.807) is 0 Å². The second-order valence-electron chi connectivity index (χ2n) is 2.28. The molecule has 0 spiro atoms. The van der Waals surface area contributed by atoms with Crippen molar-refractivity contribution in [2.45, 2.75) is 19.8 Å². The van der Waals surface area contributed by atoms with Crippen molar-refractivity contribution in [3.05, 3.63) is 0 Å². The molecule has 0 aromatic heterocycles. The molecule has 0 fully saturated rings. The number of carbonyl (C=O) groups is 3. The number of aliphatic carboxylic acids is 1. The predicted octanol–water partition coefficient (Wildman–Crippen LogP) is 0.0291. The molecule has 5 heteroatoms. The van der Waals surface area contributed by atoms with Crippen molar-refractivity contribution in [1.82, 2.24) is 0 Å². The van der Waals surface area contributed by atoms with Crippen LogP contribution in [-0.2, 0) is 14.4 Å². The van der Waals surface area contributed by atoms with Crippen LogP contribution in [0.4, 0.5) is 0 Å². The molecule has 0 radical (unpaired) electrons. The van der Waals surface area contributed by atoms with Gasteiger partial charge in [0.15, 0.2) is 5.78 Å². The van der Waals surface area contributed by atoms with E-state index in [0.29, 0.717) is 0 Å². The first-order valence-electron chi connectivity index (χ1n) is 3.29. The van der Waals surface area contributed by atoms with Gasteiger partial charge in [-0.3, -0.25) is 9.59 Å². The third kappa shape index (κ3) is 3.60. The maximum atomic E-state index is 10.7. The minimum Gasteiger partial charge on any atom is -0.476 e. The standard InChI is InChI=1S/C7H9NO4/c1-4(8)5(9)2-3-6(10)7(11)12/h8H,2-3H2,1H3,(H,11,12). The largest absolute Gasteiger partial charge is 0.476 e. The zero-order valence-corrected chi connectivity index (χ0v) is 6.59. The lowest BCUT2D eigenvalue weighted by atomic mass is 10.1. The fourth-order valence-corrected chi connectivity index (χ4v) is 0.521. The normalized spacial score (nSPS) is 9.08. The quantitative estimate of drug-likeness (QED) is 0.450. The van der Waals surface area contributed by atoms with E-state index in [2.05, 4.69) is 0 Å². The molecule has 5 nitrogen and oxygen atoms in total. The van der Waals surface area contributed by atoms with Crippen molar-refractivity contribution in [3.63, 3.8) is 0 Å². The van der Waals surface area contributed by atoms with Gasteiger partial charge in [-0.15, -0.1) is 0 Å². The molecule has 0 aliphatic heterocycles. The summed E-state index contributed by atoms with van der Waals surface area (Å²) in [5.74, 6) is -3.03. The fraction of sp³-hybridized carbons (Fsp3) is 0.429. The summed E-state index contributed by atoms with van der Waals surface area (Å²) in [4.78, 5) is 31.1. The van der Waals surface area contributed by atoms with Crippen LogP contribution in [-0.4, -0.2) is 28.4 Å². The molecule has 0 amide bonds. The number of rotatable bonds is 5. The number of hydrogen-bond acceptors (Lipinski definition) is 4. The lowest BCUT2D eigenvalue weighted by molar-refractivity contribution is -0.149. The first-order chi connectivity index (χ1) is 5.45. The van der Waals surface area contributed by atoms with Crippen LogP contribution in [0, 0.1) is 5.41 Å². The fourth-order valence-electron chi connectivity index (χ4n) is 0.521. The summed E-state index contributed by atoms with van der Waals surface area (Å²) in [7, 11) is 0. The van der Waals surface area contributed by atoms with Gasteiger partial charge in [0.25, 0.3) is 0 Å². The van der Waals surface area contributed by atoms with Gasteiger partial charge in [0, 0.05) is 12.8 Å². The van der Waals surface area contributed by atoms with Crippen LogP contribution in [0.3, 0.4) is 0 Å². The van der Waals surface area contributed by atoms with Gasteiger partial charge >= 0.3 is 5.97 Å². The van der Waals surface area contributed by atoms with Gasteiger partial charge in [0.1, 0.15) is 0 Å². The average molecular weight is 171 g/mol. The molecular formula is C7H9NO4. The topological polar surface area (TPSA) is 95.3 Å². The Morgan fingerprint density at radius 2 is 1.58 bits per heavy atom. The van der Waals surface area contributed by atoms with Gasteiger partial charge in [-0.05, 0) is 6.92 Å². The lowest BCUT2D eigenvalue weighted by Crippen LogP contribution is -2.16. The smallest absolute Gasteiger partial charge is 0.372 e. The van der Waals surface area contributed by atoms with Crippen molar-refractivity contribution in [2.24, 2.45) is 0 Å². The minimum atomic E-state index is -1.54. The lowest BCUT2D eigenvalue weighted by Gasteiger charge is -1.94. The molecule has 0 aliphatic rings. The van der Waals surface area contributed by atoms with E-state index in [4.69, 9.17) is 10.5 Å². The van der Waals surface area contributed by atoms with Gasteiger partial charge in [-0.25, -0.2) is 4.79 Å². The van der Waals surface area contributed by atoms with Gasteiger partial charge in [-0.1, -0.05) is 0 Å². The van der Waals surface area contributed by atoms with Crippen LogP contribution < -0.4 is 0 Å². The number of Topliss-reactive ketones (excluding diaryl/α,β-unsaturated/α-hetero) is 2. The predicted molar refractivity (Wildman–Crippen MR) is 40.3 cm³/mol. The maximum Gasteiger partial charge on any atom is 0.372 e. The molecule has 0 aliphatic carbocycles. The van der Waals surface area contributed by atoms with Crippen LogP contribution in [0.1, 0.15) is 19.8 Å². The number of hydrogen-bond donors (Lipinski definition) is 2. The minimum absolute atomic E-state index is 0.159. The highest BCUT2D eigenvalue weighted by molar-refractivity contribution is 6.39. The monoisotopic (exact) mass is 171 g/mol.